The standard InChI is InChI=1S/C8H16N2.3C2H6/c1-6-4-7-5-9-3-2-8(7)10-6;3*1-2/h6-10H,2-5H2,1H3;3*1-2H3. The summed E-state index contributed by atoms with van der Waals surface area (Å²) in [5, 5.41) is 7.05. The first-order valence-electron chi connectivity index (χ1n) is 7.33. The van der Waals surface area contributed by atoms with Crippen molar-refractivity contribution in [3.63, 3.8) is 0 Å². The van der Waals surface area contributed by atoms with Crippen LogP contribution in [-0.4, -0.2) is 25.2 Å². The lowest BCUT2D eigenvalue weighted by Crippen LogP contribution is -2.42. The van der Waals surface area contributed by atoms with Gasteiger partial charge in [-0.25, -0.2) is 0 Å². The molecule has 16 heavy (non-hydrogen) atoms. The molecule has 0 aromatic rings. The second-order valence-corrected chi connectivity index (χ2v) is 3.66. The Labute approximate surface area is 104 Å². The minimum atomic E-state index is 0.759. The Morgan fingerprint density at radius 2 is 1.50 bits per heavy atom. The number of rotatable bonds is 0. The van der Waals surface area contributed by atoms with Crippen LogP contribution < -0.4 is 10.6 Å². The van der Waals surface area contributed by atoms with E-state index in [9.17, 15) is 0 Å². The summed E-state index contributed by atoms with van der Waals surface area (Å²) in [4.78, 5) is 0. The van der Waals surface area contributed by atoms with Crippen LogP contribution in [0.3, 0.4) is 0 Å². The van der Waals surface area contributed by atoms with Crippen LogP contribution in [0.25, 0.3) is 0 Å². The van der Waals surface area contributed by atoms with Crippen LogP contribution in [0.1, 0.15) is 61.3 Å². The summed E-state index contributed by atoms with van der Waals surface area (Å²) in [6.07, 6.45) is 2.70. The minimum Gasteiger partial charge on any atom is -0.316 e. The molecule has 2 fully saturated rings. The Morgan fingerprint density at radius 3 is 2.00 bits per heavy atom. The van der Waals surface area contributed by atoms with Gasteiger partial charge in [-0.2, -0.15) is 0 Å². The zero-order valence-electron chi connectivity index (χ0n) is 12.6. The molecule has 0 aromatic heterocycles. The van der Waals surface area contributed by atoms with Gasteiger partial charge in [0.15, 0.2) is 0 Å². The summed E-state index contributed by atoms with van der Waals surface area (Å²) in [5.41, 5.74) is 0. The molecule has 0 radical (unpaired) electrons. The lowest BCUT2D eigenvalue weighted by atomic mass is 9.94. The molecule has 0 saturated carbocycles. The van der Waals surface area contributed by atoms with Crippen molar-refractivity contribution in [3.05, 3.63) is 0 Å². The van der Waals surface area contributed by atoms with Gasteiger partial charge in [-0.3, -0.25) is 0 Å². The van der Waals surface area contributed by atoms with Crippen molar-refractivity contribution in [3.8, 4) is 0 Å². The van der Waals surface area contributed by atoms with Gasteiger partial charge >= 0.3 is 0 Å². The Balaban J connectivity index is 0. The molecule has 2 nitrogen and oxygen atoms in total. The van der Waals surface area contributed by atoms with Gasteiger partial charge in [0, 0.05) is 12.1 Å². The van der Waals surface area contributed by atoms with Gasteiger partial charge < -0.3 is 10.6 Å². The van der Waals surface area contributed by atoms with E-state index in [-0.39, 0.29) is 0 Å². The van der Waals surface area contributed by atoms with Crippen molar-refractivity contribution in [1.82, 2.24) is 10.6 Å². The van der Waals surface area contributed by atoms with Crippen LogP contribution in [-0.2, 0) is 0 Å². The van der Waals surface area contributed by atoms with Crippen molar-refractivity contribution in [2.75, 3.05) is 13.1 Å². The lowest BCUT2D eigenvalue weighted by molar-refractivity contribution is 0.344. The monoisotopic (exact) mass is 230 g/mol. The molecule has 0 bridgehead atoms. The van der Waals surface area contributed by atoms with Crippen molar-refractivity contribution in [2.45, 2.75) is 73.4 Å². The molecule has 2 heteroatoms. The summed E-state index contributed by atoms with van der Waals surface area (Å²) in [6.45, 7) is 16.7. The Morgan fingerprint density at radius 1 is 0.938 bits per heavy atom. The fourth-order valence-electron chi connectivity index (χ4n) is 2.28. The number of piperidine rings is 1. The molecule has 2 saturated heterocycles. The highest BCUT2D eigenvalue weighted by Gasteiger charge is 2.32. The average molecular weight is 230 g/mol. The van der Waals surface area contributed by atoms with E-state index >= 15 is 0 Å². The smallest absolute Gasteiger partial charge is 0.0123 e. The zero-order valence-corrected chi connectivity index (χ0v) is 12.6. The molecule has 2 heterocycles. The predicted octanol–water partition coefficient (Wildman–Crippen LogP) is 3.42. The Bertz CT molecular complexity index is 112. The fourth-order valence-corrected chi connectivity index (χ4v) is 2.28. The molecule has 2 rings (SSSR count). The maximum atomic E-state index is 3.62. The third-order valence-corrected chi connectivity index (χ3v) is 2.76. The summed E-state index contributed by atoms with van der Waals surface area (Å²) in [6, 6.07) is 1.59. The second-order valence-electron chi connectivity index (χ2n) is 3.66. The molecule has 2 N–H and O–H groups in total. The van der Waals surface area contributed by atoms with E-state index < -0.39 is 0 Å². The topological polar surface area (TPSA) is 24.1 Å². The van der Waals surface area contributed by atoms with Crippen LogP contribution in [0.15, 0.2) is 0 Å². The van der Waals surface area contributed by atoms with Crippen molar-refractivity contribution in [2.24, 2.45) is 5.92 Å². The normalized spacial score (nSPS) is 30.6. The van der Waals surface area contributed by atoms with Crippen molar-refractivity contribution >= 4 is 0 Å². The van der Waals surface area contributed by atoms with Gasteiger partial charge in [0.05, 0.1) is 0 Å². The number of fused-ring (bicyclic) bond motifs is 1. The van der Waals surface area contributed by atoms with Crippen LogP contribution in [0.4, 0.5) is 0 Å². The maximum absolute atomic E-state index is 3.62. The number of hydrogen-bond acceptors (Lipinski definition) is 2. The van der Waals surface area contributed by atoms with Gasteiger partial charge in [0.2, 0.25) is 0 Å². The van der Waals surface area contributed by atoms with Gasteiger partial charge in [0.1, 0.15) is 0 Å². The van der Waals surface area contributed by atoms with Crippen LogP contribution in [0.2, 0.25) is 0 Å². The van der Waals surface area contributed by atoms with Crippen LogP contribution in [0, 0.1) is 5.92 Å². The van der Waals surface area contributed by atoms with E-state index in [0.29, 0.717) is 0 Å². The highest BCUT2D eigenvalue weighted by molar-refractivity contribution is 4.92. The Kier molecular flexibility index (Phi) is 14.8. The van der Waals surface area contributed by atoms with Crippen LogP contribution in [0.5, 0.6) is 0 Å². The second kappa shape index (κ2) is 13.0. The van der Waals surface area contributed by atoms with E-state index in [2.05, 4.69) is 17.6 Å². The van der Waals surface area contributed by atoms with Crippen molar-refractivity contribution < 1.29 is 0 Å². The molecule has 0 amide bonds. The molecular weight excluding hydrogens is 196 g/mol. The van der Waals surface area contributed by atoms with Crippen molar-refractivity contribution in [1.29, 1.82) is 0 Å². The molecule has 3 atom stereocenters. The van der Waals surface area contributed by atoms with Crippen LogP contribution >= 0.6 is 0 Å². The highest BCUT2D eigenvalue weighted by Crippen LogP contribution is 2.23. The van der Waals surface area contributed by atoms with E-state index in [1.807, 2.05) is 41.5 Å². The Hall–Kier alpha value is -0.0800. The summed E-state index contributed by atoms with van der Waals surface area (Å²) >= 11 is 0. The molecule has 100 valence electrons. The van der Waals surface area contributed by atoms with Gasteiger partial charge in [0.25, 0.3) is 0 Å². The summed E-state index contributed by atoms with van der Waals surface area (Å²) < 4.78 is 0. The zero-order chi connectivity index (χ0) is 13.0. The van der Waals surface area contributed by atoms with Gasteiger partial charge in [-0.1, -0.05) is 41.5 Å². The first-order valence-corrected chi connectivity index (χ1v) is 7.33. The summed E-state index contributed by atoms with van der Waals surface area (Å²) in [7, 11) is 0. The maximum Gasteiger partial charge on any atom is 0.0123 e. The number of hydrogen-bond donors (Lipinski definition) is 2. The molecule has 0 aliphatic carbocycles. The molecule has 2 aliphatic heterocycles. The van der Waals surface area contributed by atoms with E-state index in [4.69, 9.17) is 0 Å². The third kappa shape index (κ3) is 6.49. The minimum absolute atomic E-state index is 0.759. The molecule has 2 aliphatic rings. The van der Waals surface area contributed by atoms with Gasteiger partial charge in [-0.05, 0) is 38.8 Å². The van der Waals surface area contributed by atoms with Gasteiger partial charge in [-0.15, -0.1) is 0 Å². The quantitative estimate of drug-likeness (QED) is 0.666. The van der Waals surface area contributed by atoms with E-state index in [1.54, 1.807) is 0 Å². The third-order valence-electron chi connectivity index (χ3n) is 2.76. The molecular formula is C14H34N2. The summed E-state index contributed by atoms with van der Waals surface area (Å²) in [5.74, 6) is 0.920. The fraction of sp³-hybridized carbons (Fsp3) is 1.00. The lowest BCUT2D eigenvalue weighted by Gasteiger charge is -2.25. The molecule has 0 aromatic carbocycles. The largest absolute Gasteiger partial charge is 0.316 e. The average Bonchev–Trinajstić information content (AvgIpc) is 2.76. The van der Waals surface area contributed by atoms with E-state index in [1.165, 1.54) is 25.9 Å². The first-order chi connectivity index (χ1) is 7.86. The molecule has 3 unspecified atom stereocenters. The highest BCUT2D eigenvalue weighted by atomic mass is 15.0. The predicted molar refractivity (Wildman–Crippen MR) is 76.0 cm³/mol. The number of nitrogens with one attached hydrogen (secondary N) is 2. The molecule has 0 spiro atoms. The first kappa shape index (κ1) is 18.3. The van der Waals surface area contributed by atoms with E-state index in [0.717, 1.165) is 18.0 Å². The SMILES string of the molecule is CC.CC.CC.CC1CC2CNCCC2N1.